The molecule has 1 N–H and O–H groups in total. The van der Waals surface area contributed by atoms with Crippen molar-refractivity contribution in [2.75, 3.05) is 0 Å². The fourth-order valence-corrected chi connectivity index (χ4v) is 2.67. The van der Waals surface area contributed by atoms with Crippen LogP contribution < -0.4 is 5.32 Å². The quantitative estimate of drug-likeness (QED) is 0.634. The van der Waals surface area contributed by atoms with E-state index >= 15 is 0 Å². The molecule has 0 amide bonds. The van der Waals surface area contributed by atoms with Gasteiger partial charge in [-0.25, -0.2) is 0 Å². The van der Waals surface area contributed by atoms with E-state index in [1.54, 1.807) is 6.07 Å². The zero-order valence-corrected chi connectivity index (χ0v) is 9.26. The van der Waals surface area contributed by atoms with Crippen molar-refractivity contribution in [1.29, 1.82) is 0 Å². The minimum absolute atomic E-state index is 0.234. The minimum atomic E-state index is -0.330. The van der Waals surface area contributed by atoms with Crippen molar-refractivity contribution in [2.45, 2.75) is 38.3 Å². The molecule has 0 aliphatic heterocycles. The van der Waals surface area contributed by atoms with Gasteiger partial charge in [-0.15, -0.1) is 0 Å². The van der Waals surface area contributed by atoms with Crippen LogP contribution in [0.5, 0.6) is 0 Å². The second-order valence-corrected chi connectivity index (χ2v) is 4.80. The van der Waals surface area contributed by atoms with E-state index in [4.69, 9.17) is 0 Å². The molecule has 4 nitrogen and oxygen atoms in total. The Balaban J connectivity index is 1.84. The maximum absolute atomic E-state index is 10.5. The number of hydrogen-bond acceptors (Lipinski definition) is 4. The van der Waals surface area contributed by atoms with Crippen LogP contribution >= 0.6 is 11.3 Å². The lowest BCUT2D eigenvalue weighted by Crippen LogP contribution is -2.24. The van der Waals surface area contributed by atoms with Gasteiger partial charge in [-0.05, 0) is 18.4 Å². The molecule has 1 aliphatic rings. The first-order valence-electron chi connectivity index (χ1n) is 5.21. The summed E-state index contributed by atoms with van der Waals surface area (Å²) in [5, 5.41) is 16.0. The van der Waals surface area contributed by atoms with Crippen LogP contribution in [0.1, 0.15) is 31.2 Å². The van der Waals surface area contributed by atoms with Crippen LogP contribution in [-0.4, -0.2) is 11.0 Å². The number of nitrogens with zero attached hydrogens (tertiary/aromatic N) is 1. The van der Waals surface area contributed by atoms with Crippen LogP contribution in [0, 0.1) is 10.1 Å². The standard InChI is InChI=1S/C10H14N2O2S/c13-12(14)10-5-8(7-15-10)6-11-9-3-1-2-4-9/h5,7,9,11H,1-4,6H2. The number of nitro groups is 1. The smallest absolute Gasteiger partial charge is 0.310 e. The van der Waals surface area contributed by atoms with Gasteiger partial charge in [0, 0.05) is 24.0 Å². The molecule has 0 spiro atoms. The maximum Gasteiger partial charge on any atom is 0.324 e. The number of rotatable bonds is 4. The fraction of sp³-hybridized carbons (Fsp3) is 0.600. The fourth-order valence-electron chi connectivity index (χ4n) is 1.94. The highest BCUT2D eigenvalue weighted by atomic mass is 32.1. The van der Waals surface area contributed by atoms with Crippen LogP contribution in [0.15, 0.2) is 11.4 Å². The number of hydrogen-bond donors (Lipinski definition) is 1. The highest BCUT2D eigenvalue weighted by Gasteiger charge is 2.15. The minimum Gasteiger partial charge on any atom is -0.310 e. The van der Waals surface area contributed by atoms with Gasteiger partial charge in [0.25, 0.3) is 0 Å². The SMILES string of the molecule is O=[N+]([O-])c1cc(CNC2CCCC2)cs1. The molecular weight excluding hydrogens is 212 g/mol. The average molecular weight is 226 g/mol. The molecule has 0 bridgehead atoms. The summed E-state index contributed by atoms with van der Waals surface area (Å²) >= 11 is 1.20. The normalized spacial score (nSPS) is 17.1. The van der Waals surface area contributed by atoms with Crippen LogP contribution in [0.4, 0.5) is 5.00 Å². The van der Waals surface area contributed by atoms with Gasteiger partial charge < -0.3 is 5.32 Å². The summed E-state index contributed by atoms with van der Waals surface area (Å²) in [6.45, 7) is 0.759. The Kier molecular flexibility index (Phi) is 3.33. The van der Waals surface area contributed by atoms with Crippen molar-refractivity contribution >= 4 is 16.3 Å². The Bertz CT molecular complexity index is 345. The summed E-state index contributed by atoms with van der Waals surface area (Å²) in [5.41, 5.74) is 1.03. The third-order valence-corrected chi connectivity index (χ3v) is 3.70. The lowest BCUT2D eigenvalue weighted by atomic mass is 10.2. The largest absolute Gasteiger partial charge is 0.324 e. The number of thiophene rings is 1. The average Bonchev–Trinajstić information content (AvgIpc) is 2.86. The molecule has 1 fully saturated rings. The van der Waals surface area contributed by atoms with Crippen molar-refractivity contribution in [3.8, 4) is 0 Å². The molecular formula is C10H14N2O2S. The second kappa shape index (κ2) is 4.72. The molecule has 82 valence electrons. The first-order chi connectivity index (χ1) is 7.25. The third-order valence-electron chi connectivity index (χ3n) is 2.77. The van der Waals surface area contributed by atoms with Gasteiger partial charge in [0.1, 0.15) is 0 Å². The molecule has 1 aliphatic carbocycles. The van der Waals surface area contributed by atoms with Gasteiger partial charge in [0.15, 0.2) is 0 Å². The Labute approximate surface area is 92.5 Å². The highest BCUT2D eigenvalue weighted by molar-refractivity contribution is 7.13. The van der Waals surface area contributed by atoms with Gasteiger partial charge in [-0.3, -0.25) is 10.1 Å². The second-order valence-electron chi connectivity index (χ2n) is 3.91. The van der Waals surface area contributed by atoms with Gasteiger partial charge in [0.05, 0.1) is 4.92 Å². The summed E-state index contributed by atoms with van der Waals surface area (Å²) in [7, 11) is 0. The molecule has 0 unspecified atom stereocenters. The topological polar surface area (TPSA) is 55.2 Å². The highest BCUT2D eigenvalue weighted by Crippen LogP contribution is 2.23. The molecule has 1 heterocycles. The molecule has 0 radical (unpaired) electrons. The molecule has 15 heavy (non-hydrogen) atoms. The summed E-state index contributed by atoms with van der Waals surface area (Å²) < 4.78 is 0. The van der Waals surface area contributed by atoms with E-state index in [1.807, 2.05) is 5.38 Å². The molecule has 1 aromatic rings. The lowest BCUT2D eigenvalue weighted by Gasteiger charge is -2.09. The van der Waals surface area contributed by atoms with Crippen molar-refractivity contribution in [3.05, 3.63) is 27.1 Å². The van der Waals surface area contributed by atoms with E-state index in [-0.39, 0.29) is 9.92 Å². The summed E-state index contributed by atoms with van der Waals surface area (Å²) in [5.74, 6) is 0. The molecule has 2 rings (SSSR count). The predicted molar refractivity (Wildman–Crippen MR) is 60.1 cm³/mol. The lowest BCUT2D eigenvalue weighted by molar-refractivity contribution is -0.380. The Morgan fingerprint density at radius 2 is 2.27 bits per heavy atom. The third kappa shape index (κ3) is 2.76. The summed E-state index contributed by atoms with van der Waals surface area (Å²) in [4.78, 5) is 10.1. The molecule has 0 saturated heterocycles. The Morgan fingerprint density at radius 1 is 1.53 bits per heavy atom. The van der Waals surface area contributed by atoms with E-state index in [9.17, 15) is 10.1 Å². The van der Waals surface area contributed by atoms with Crippen molar-refractivity contribution < 1.29 is 4.92 Å². The van der Waals surface area contributed by atoms with Crippen LogP contribution in [-0.2, 0) is 6.54 Å². The Hall–Kier alpha value is -0.940. The van der Waals surface area contributed by atoms with Crippen LogP contribution in [0.25, 0.3) is 0 Å². The van der Waals surface area contributed by atoms with Crippen LogP contribution in [0.3, 0.4) is 0 Å². The van der Waals surface area contributed by atoms with Crippen molar-refractivity contribution in [3.63, 3.8) is 0 Å². The predicted octanol–water partition coefficient (Wildman–Crippen LogP) is 2.69. The van der Waals surface area contributed by atoms with Crippen molar-refractivity contribution in [1.82, 2.24) is 5.32 Å². The maximum atomic E-state index is 10.5. The zero-order chi connectivity index (χ0) is 10.7. The van der Waals surface area contributed by atoms with E-state index in [2.05, 4.69) is 5.32 Å². The van der Waals surface area contributed by atoms with Gasteiger partial charge in [-0.1, -0.05) is 24.2 Å². The monoisotopic (exact) mass is 226 g/mol. The molecule has 0 aromatic carbocycles. The molecule has 0 atom stereocenters. The van der Waals surface area contributed by atoms with Gasteiger partial charge in [-0.2, -0.15) is 0 Å². The number of nitrogens with one attached hydrogen (secondary N) is 1. The van der Waals surface area contributed by atoms with E-state index in [0.29, 0.717) is 6.04 Å². The molecule has 1 saturated carbocycles. The van der Waals surface area contributed by atoms with Crippen LogP contribution in [0.2, 0.25) is 0 Å². The summed E-state index contributed by atoms with van der Waals surface area (Å²) in [6, 6.07) is 2.27. The van der Waals surface area contributed by atoms with E-state index in [1.165, 1.54) is 37.0 Å². The first-order valence-corrected chi connectivity index (χ1v) is 6.09. The van der Waals surface area contributed by atoms with Crippen molar-refractivity contribution in [2.24, 2.45) is 0 Å². The summed E-state index contributed by atoms with van der Waals surface area (Å²) in [6.07, 6.45) is 5.10. The van der Waals surface area contributed by atoms with E-state index in [0.717, 1.165) is 12.1 Å². The first kappa shape index (κ1) is 10.6. The van der Waals surface area contributed by atoms with Gasteiger partial charge in [0.2, 0.25) is 0 Å². The van der Waals surface area contributed by atoms with Gasteiger partial charge >= 0.3 is 5.00 Å². The Morgan fingerprint density at radius 3 is 2.87 bits per heavy atom. The zero-order valence-electron chi connectivity index (χ0n) is 8.44. The molecule has 1 aromatic heterocycles. The molecule has 5 heteroatoms. The van der Waals surface area contributed by atoms with E-state index < -0.39 is 0 Å².